The average molecular weight is 330 g/mol. The second-order valence-corrected chi connectivity index (χ2v) is 5.81. The molecule has 1 saturated heterocycles. The number of aromatic nitrogens is 3. The number of carbonyl (C=O) groups is 2. The molecule has 1 aromatic heterocycles. The quantitative estimate of drug-likeness (QED) is 0.848. The first-order valence-corrected chi connectivity index (χ1v) is 7.67. The molecule has 0 saturated carbocycles. The lowest BCUT2D eigenvalue weighted by Gasteiger charge is -2.36. The van der Waals surface area contributed by atoms with Crippen molar-refractivity contribution in [3.05, 3.63) is 42.2 Å². The van der Waals surface area contributed by atoms with E-state index in [0.717, 1.165) is 5.69 Å². The van der Waals surface area contributed by atoms with E-state index in [1.807, 2.05) is 0 Å². The van der Waals surface area contributed by atoms with E-state index in [0.29, 0.717) is 31.6 Å². The maximum absolute atomic E-state index is 12.5. The van der Waals surface area contributed by atoms with Crippen LogP contribution in [0.3, 0.4) is 0 Å². The van der Waals surface area contributed by atoms with E-state index in [2.05, 4.69) is 15.6 Å². The number of ether oxygens (including phenoxy) is 1. The van der Waals surface area contributed by atoms with Crippen LogP contribution in [0.4, 0.5) is 0 Å². The number of nitrogens with one attached hydrogen (secondary N) is 1. The number of hydrogen-bond donors (Lipinski definition) is 2. The summed E-state index contributed by atoms with van der Waals surface area (Å²) in [5, 5.41) is 19.7. The predicted molar refractivity (Wildman–Crippen MR) is 83.9 cm³/mol. The number of carboxylic acids is 1. The van der Waals surface area contributed by atoms with Crippen LogP contribution in [0.25, 0.3) is 5.69 Å². The molecule has 1 aliphatic rings. The van der Waals surface area contributed by atoms with E-state index in [9.17, 15) is 9.59 Å². The first kappa shape index (κ1) is 16.1. The van der Waals surface area contributed by atoms with Crippen molar-refractivity contribution in [2.24, 2.45) is 0 Å². The van der Waals surface area contributed by atoms with Gasteiger partial charge in [0.05, 0.1) is 30.0 Å². The normalized spacial score (nSPS) is 16.5. The van der Waals surface area contributed by atoms with Crippen molar-refractivity contribution >= 4 is 11.9 Å². The van der Waals surface area contributed by atoms with E-state index in [4.69, 9.17) is 9.84 Å². The highest BCUT2D eigenvalue weighted by atomic mass is 16.5. The molecule has 1 fully saturated rings. The Morgan fingerprint density at radius 2 is 1.96 bits per heavy atom. The topological polar surface area (TPSA) is 106 Å². The molecule has 0 unspecified atom stereocenters. The third kappa shape index (κ3) is 3.60. The molecule has 24 heavy (non-hydrogen) atoms. The minimum absolute atomic E-state index is 0.112. The van der Waals surface area contributed by atoms with Crippen LogP contribution in [-0.2, 0) is 9.53 Å². The number of carbonyl (C=O) groups excluding carboxylic acids is 1. The third-order valence-electron chi connectivity index (χ3n) is 4.13. The highest BCUT2D eigenvalue weighted by Crippen LogP contribution is 2.25. The number of aliphatic carboxylic acids is 1. The summed E-state index contributed by atoms with van der Waals surface area (Å²) in [4.78, 5) is 23.7. The molecule has 1 aromatic carbocycles. The van der Waals surface area contributed by atoms with Crippen LogP contribution in [-0.4, -0.2) is 50.7 Å². The van der Waals surface area contributed by atoms with Crippen molar-refractivity contribution in [2.45, 2.75) is 24.8 Å². The minimum atomic E-state index is -0.932. The van der Waals surface area contributed by atoms with Gasteiger partial charge in [0.25, 0.3) is 5.91 Å². The van der Waals surface area contributed by atoms with Crippen LogP contribution < -0.4 is 5.32 Å². The van der Waals surface area contributed by atoms with E-state index in [1.165, 1.54) is 0 Å². The molecular weight excluding hydrogens is 312 g/mol. The van der Waals surface area contributed by atoms with E-state index in [-0.39, 0.29) is 12.3 Å². The second kappa shape index (κ2) is 6.79. The van der Waals surface area contributed by atoms with Gasteiger partial charge in [0, 0.05) is 18.8 Å². The molecule has 126 valence electrons. The Morgan fingerprint density at radius 3 is 2.54 bits per heavy atom. The molecule has 3 rings (SSSR count). The van der Waals surface area contributed by atoms with Gasteiger partial charge < -0.3 is 15.2 Å². The molecule has 1 amide bonds. The summed E-state index contributed by atoms with van der Waals surface area (Å²) in [5.41, 5.74) is 0.497. The predicted octanol–water partition coefficient (Wildman–Crippen LogP) is 1.02. The summed E-state index contributed by atoms with van der Waals surface area (Å²) in [6, 6.07) is 6.88. The van der Waals surface area contributed by atoms with Crippen LogP contribution in [0, 0.1) is 0 Å². The largest absolute Gasteiger partial charge is 0.481 e. The van der Waals surface area contributed by atoms with E-state index < -0.39 is 11.5 Å². The lowest BCUT2D eigenvalue weighted by Crippen LogP contribution is -2.53. The first-order chi connectivity index (χ1) is 11.6. The average Bonchev–Trinajstić information content (AvgIpc) is 3.09. The van der Waals surface area contributed by atoms with Crippen LogP contribution >= 0.6 is 0 Å². The second-order valence-electron chi connectivity index (χ2n) is 5.81. The molecule has 0 bridgehead atoms. The number of carboxylic acid groups (broad SMARTS) is 1. The number of rotatable bonds is 5. The fraction of sp³-hybridized carbons (Fsp3) is 0.375. The van der Waals surface area contributed by atoms with Gasteiger partial charge in [-0.25, -0.2) is 4.68 Å². The Kier molecular flexibility index (Phi) is 4.57. The SMILES string of the molecule is O=C(O)CC1(NC(=O)c2ccc(-n3ccnn3)cc2)CCOCC1. The third-order valence-corrected chi connectivity index (χ3v) is 4.13. The van der Waals surface area contributed by atoms with Crippen LogP contribution in [0.15, 0.2) is 36.7 Å². The highest BCUT2D eigenvalue weighted by molar-refractivity contribution is 5.95. The number of nitrogens with zero attached hydrogens (tertiary/aromatic N) is 3. The van der Waals surface area contributed by atoms with Crippen molar-refractivity contribution < 1.29 is 19.4 Å². The Hall–Kier alpha value is -2.74. The Bertz CT molecular complexity index is 706. The fourth-order valence-electron chi connectivity index (χ4n) is 2.82. The number of benzene rings is 1. The van der Waals surface area contributed by atoms with Gasteiger partial charge in [-0.15, -0.1) is 5.10 Å². The van der Waals surface area contributed by atoms with Gasteiger partial charge in [-0.05, 0) is 37.1 Å². The van der Waals surface area contributed by atoms with Crippen LogP contribution in [0.5, 0.6) is 0 Å². The number of amides is 1. The molecule has 1 aliphatic heterocycles. The maximum Gasteiger partial charge on any atom is 0.305 e. The van der Waals surface area contributed by atoms with Gasteiger partial charge in [-0.3, -0.25) is 9.59 Å². The summed E-state index contributed by atoms with van der Waals surface area (Å²) in [7, 11) is 0. The highest BCUT2D eigenvalue weighted by Gasteiger charge is 2.36. The summed E-state index contributed by atoms with van der Waals surface area (Å²) in [6.45, 7) is 0.887. The molecule has 2 heterocycles. The van der Waals surface area contributed by atoms with Crippen LogP contribution in [0.2, 0.25) is 0 Å². The molecule has 0 aliphatic carbocycles. The van der Waals surface area contributed by atoms with E-state index in [1.54, 1.807) is 41.3 Å². The maximum atomic E-state index is 12.5. The molecule has 0 atom stereocenters. The van der Waals surface area contributed by atoms with Crippen molar-refractivity contribution in [3.8, 4) is 5.69 Å². The lowest BCUT2D eigenvalue weighted by molar-refractivity contribution is -0.139. The molecule has 8 heteroatoms. The molecule has 0 spiro atoms. The number of hydrogen-bond acceptors (Lipinski definition) is 5. The van der Waals surface area contributed by atoms with Crippen LogP contribution in [0.1, 0.15) is 29.6 Å². The zero-order chi connectivity index (χ0) is 17.0. The van der Waals surface area contributed by atoms with E-state index >= 15 is 0 Å². The molecular formula is C16H18N4O4. The Balaban J connectivity index is 1.74. The molecule has 2 aromatic rings. The van der Waals surface area contributed by atoms with Gasteiger partial charge in [0.1, 0.15) is 0 Å². The zero-order valence-electron chi connectivity index (χ0n) is 13.0. The summed E-state index contributed by atoms with van der Waals surface area (Å²) < 4.78 is 6.88. The summed E-state index contributed by atoms with van der Waals surface area (Å²) in [5.74, 6) is -1.22. The minimum Gasteiger partial charge on any atom is -0.481 e. The molecule has 2 N–H and O–H groups in total. The summed E-state index contributed by atoms with van der Waals surface area (Å²) >= 11 is 0. The van der Waals surface area contributed by atoms with Crippen molar-refractivity contribution in [1.82, 2.24) is 20.3 Å². The lowest BCUT2D eigenvalue weighted by atomic mass is 9.86. The van der Waals surface area contributed by atoms with Crippen molar-refractivity contribution in [1.29, 1.82) is 0 Å². The van der Waals surface area contributed by atoms with Crippen molar-refractivity contribution in [3.63, 3.8) is 0 Å². The summed E-state index contributed by atoms with van der Waals surface area (Å²) in [6.07, 6.45) is 4.14. The molecule has 0 radical (unpaired) electrons. The Morgan fingerprint density at radius 1 is 1.25 bits per heavy atom. The molecule has 8 nitrogen and oxygen atoms in total. The zero-order valence-corrected chi connectivity index (χ0v) is 13.0. The van der Waals surface area contributed by atoms with Gasteiger partial charge in [-0.1, -0.05) is 5.21 Å². The van der Waals surface area contributed by atoms with Crippen molar-refractivity contribution in [2.75, 3.05) is 13.2 Å². The monoisotopic (exact) mass is 330 g/mol. The smallest absolute Gasteiger partial charge is 0.305 e. The van der Waals surface area contributed by atoms with Gasteiger partial charge in [-0.2, -0.15) is 0 Å². The van der Waals surface area contributed by atoms with Gasteiger partial charge >= 0.3 is 5.97 Å². The fourth-order valence-corrected chi connectivity index (χ4v) is 2.82. The van der Waals surface area contributed by atoms with Gasteiger partial charge in [0.2, 0.25) is 0 Å². The van der Waals surface area contributed by atoms with Gasteiger partial charge in [0.15, 0.2) is 0 Å². The first-order valence-electron chi connectivity index (χ1n) is 7.67. The standard InChI is InChI=1S/C16H18N4O4/c21-14(22)11-16(5-9-24-10-6-16)18-15(23)12-1-3-13(4-2-12)20-8-7-17-19-20/h1-4,7-8H,5-6,9-11H2,(H,18,23)(H,21,22). The Labute approximate surface area is 138 Å².